The molecule has 0 heteroatoms. The van der Waals surface area contributed by atoms with E-state index in [-0.39, 0.29) is 0 Å². The molecular formula is C15H14. The van der Waals surface area contributed by atoms with E-state index < -0.39 is 0 Å². The van der Waals surface area contributed by atoms with Gasteiger partial charge in [-0.3, -0.25) is 0 Å². The highest BCUT2D eigenvalue weighted by molar-refractivity contribution is 5.51. The zero-order chi connectivity index (χ0) is 9.99. The van der Waals surface area contributed by atoms with E-state index >= 15 is 0 Å². The molecule has 4 atom stereocenters. The lowest BCUT2D eigenvalue weighted by atomic mass is 9.53. The molecule has 0 fully saturated rings. The van der Waals surface area contributed by atoms with Crippen LogP contribution in [0.3, 0.4) is 0 Å². The molecule has 0 aliphatic heterocycles. The highest BCUT2D eigenvalue weighted by Gasteiger charge is 2.47. The van der Waals surface area contributed by atoms with Gasteiger partial charge >= 0.3 is 0 Å². The smallest absolute Gasteiger partial charge is 0.00925 e. The fourth-order valence-electron chi connectivity index (χ4n) is 3.77. The minimum atomic E-state index is 0.667. The van der Waals surface area contributed by atoms with Crippen molar-refractivity contribution in [2.24, 2.45) is 11.8 Å². The summed E-state index contributed by atoms with van der Waals surface area (Å²) in [6.45, 7) is 2.29. The van der Waals surface area contributed by atoms with Crippen molar-refractivity contribution in [2.45, 2.75) is 18.8 Å². The van der Waals surface area contributed by atoms with E-state index in [1.807, 2.05) is 0 Å². The van der Waals surface area contributed by atoms with Crippen LogP contribution in [0.1, 0.15) is 29.9 Å². The normalized spacial score (nSPS) is 39.1. The lowest BCUT2D eigenvalue weighted by Gasteiger charge is -2.51. The SMILES string of the molecule is CC1=C[C@H]2[C@@H]1[C@H]1C=C[C@H]2c2ccccc21. The molecule has 0 amide bonds. The number of allylic oxidation sites excluding steroid dienone is 4. The Morgan fingerprint density at radius 3 is 2.33 bits per heavy atom. The molecule has 0 nitrogen and oxygen atoms in total. The molecule has 0 N–H and O–H groups in total. The Balaban J connectivity index is 1.96. The van der Waals surface area contributed by atoms with Crippen LogP contribution in [-0.4, -0.2) is 0 Å². The van der Waals surface area contributed by atoms with Gasteiger partial charge in [0, 0.05) is 11.8 Å². The van der Waals surface area contributed by atoms with Gasteiger partial charge in [-0.1, -0.05) is 48.1 Å². The van der Waals surface area contributed by atoms with Crippen LogP contribution in [0.2, 0.25) is 0 Å². The van der Waals surface area contributed by atoms with Crippen molar-refractivity contribution in [1.29, 1.82) is 0 Å². The summed E-state index contributed by atoms with van der Waals surface area (Å²) in [5, 5.41) is 0. The van der Waals surface area contributed by atoms with E-state index in [2.05, 4.69) is 49.4 Å². The van der Waals surface area contributed by atoms with Gasteiger partial charge < -0.3 is 0 Å². The van der Waals surface area contributed by atoms with Crippen LogP contribution in [-0.2, 0) is 0 Å². The molecule has 74 valence electrons. The summed E-state index contributed by atoms with van der Waals surface area (Å²) >= 11 is 0. The van der Waals surface area contributed by atoms with E-state index in [9.17, 15) is 0 Å². The lowest BCUT2D eigenvalue weighted by Crippen LogP contribution is -2.40. The Bertz CT molecular complexity index is 493. The molecule has 1 aromatic rings. The van der Waals surface area contributed by atoms with Crippen molar-refractivity contribution in [3.05, 3.63) is 59.2 Å². The van der Waals surface area contributed by atoms with Crippen LogP contribution in [0, 0.1) is 11.8 Å². The van der Waals surface area contributed by atoms with Gasteiger partial charge in [0.15, 0.2) is 0 Å². The van der Waals surface area contributed by atoms with Crippen LogP contribution in [0.25, 0.3) is 0 Å². The second kappa shape index (κ2) is 2.44. The van der Waals surface area contributed by atoms with Gasteiger partial charge in [0.2, 0.25) is 0 Å². The third-order valence-corrected chi connectivity index (χ3v) is 4.44. The molecule has 5 rings (SSSR count). The molecule has 0 spiro atoms. The van der Waals surface area contributed by atoms with Crippen LogP contribution in [0.5, 0.6) is 0 Å². The quantitative estimate of drug-likeness (QED) is 0.553. The molecule has 0 unspecified atom stereocenters. The van der Waals surface area contributed by atoms with Gasteiger partial charge in [0.1, 0.15) is 0 Å². The highest BCUT2D eigenvalue weighted by atomic mass is 14.5. The minimum Gasteiger partial charge on any atom is -0.0806 e. The third kappa shape index (κ3) is 0.797. The monoisotopic (exact) mass is 194 g/mol. The van der Waals surface area contributed by atoms with Crippen molar-refractivity contribution < 1.29 is 0 Å². The summed E-state index contributed by atoms with van der Waals surface area (Å²) < 4.78 is 0. The van der Waals surface area contributed by atoms with E-state index in [0.717, 1.165) is 11.8 Å². The van der Waals surface area contributed by atoms with Gasteiger partial charge in [-0.25, -0.2) is 0 Å². The Kier molecular flexibility index (Phi) is 1.29. The van der Waals surface area contributed by atoms with E-state index in [0.29, 0.717) is 11.8 Å². The van der Waals surface area contributed by atoms with Crippen LogP contribution >= 0.6 is 0 Å². The lowest BCUT2D eigenvalue weighted by molar-refractivity contribution is 0.294. The molecule has 0 aromatic heterocycles. The van der Waals surface area contributed by atoms with E-state index in [1.54, 1.807) is 16.7 Å². The van der Waals surface area contributed by atoms with Crippen molar-refractivity contribution in [3.8, 4) is 0 Å². The number of hydrogen-bond acceptors (Lipinski definition) is 0. The summed E-state index contributed by atoms with van der Waals surface area (Å²) in [5.41, 5.74) is 4.77. The molecule has 0 saturated carbocycles. The Hall–Kier alpha value is -1.30. The molecule has 15 heavy (non-hydrogen) atoms. The Labute approximate surface area is 90.3 Å². The minimum absolute atomic E-state index is 0.667. The Morgan fingerprint density at radius 2 is 1.60 bits per heavy atom. The van der Waals surface area contributed by atoms with Gasteiger partial charge in [0.25, 0.3) is 0 Å². The van der Waals surface area contributed by atoms with Crippen LogP contribution < -0.4 is 0 Å². The van der Waals surface area contributed by atoms with Crippen LogP contribution in [0.4, 0.5) is 0 Å². The summed E-state index contributed by atoms with van der Waals surface area (Å²) in [6.07, 6.45) is 7.34. The van der Waals surface area contributed by atoms with Crippen LogP contribution in [0.15, 0.2) is 48.1 Å². The number of hydrogen-bond donors (Lipinski definition) is 0. The van der Waals surface area contributed by atoms with Crippen molar-refractivity contribution in [2.75, 3.05) is 0 Å². The first-order valence-electron chi connectivity index (χ1n) is 5.82. The highest BCUT2D eigenvalue weighted by Crippen LogP contribution is 2.59. The average molecular weight is 194 g/mol. The fourth-order valence-corrected chi connectivity index (χ4v) is 3.77. The van der Waals surface area contributed by atoms with Gasteiger partial charge in [0.05, 0.1) is 0 Å². The molecule has 1 aromatic carbocycles. The predicted molar refractivity (Wildman–Crippen MR) is 61.8 cm³/mol. The summed E-state index contributed by atoms with van der Waals surface area (Å²) in [5.74, 6) is 2.95. The predicted octanol–water partition coefficient (Wildman–Crippen LogP) is 3.63. The summed E-state index contributed by atoms with van der Waals surface area (Å²) in [4.78, 5) is 0. The second-order valence-corrected chi connectivity index (χ2v) is 5.08. The number of benzene rings is 1. The molecule has 4 aliphatic carbocycles. The standard InChI is InChI=1S/C15H14/c1-9-8-14-12-6-7-13(15(9)14)11-5-3-2-4-10(11)12/h2-8,12-15H,1H3/t12-,13-,14+,15-/m0/s1. The second-order valence-electron chi connectivity index (χ2n) is 5.08. The molecule has 0 radical (unpaired) electrons. The maximum atomic E-state index is 2.47. The van der Waals surface area contributed by atoms with Crippen molar-refractivity contribution in [1.82, 2.24) is 0 Å². The Morgan fingerprint density at radius 1 is 0.933 bits per heavy atom. The first kappa shape index (κ1) is 7.92. The third-order valence-electron chi connectivity index (χ3n) is 4.44. The van der Waals surface area contributed by atoms with E-state index in [1.165, 1.54) is 0 Å². The fraction of sp³-hybridized carbons (Fsp3) is 0.333. The maximum Gasteiger partial charge on any atom is 0.00925 e. The number of rotatable bonds is 0. The molecule has 0 saturated heterocycles. The maximum absolute atomic E-state index is 2.47. The topological polar surface area (TPSA) is 0 Å². The van der Waals surface area contributed by atoms with E-state index in [4.69, 9.17) is 0 Å². The molecule has 2 bridgehead atoms. The summed E-state index contributed by atoms with van der Waals surface area (Å²) in [7, 11) is 0. The van der Waals surface area contributed by atoms with Crippen molar-refractivity contribution >= 4 is 0 Å². The molecular weight excluding hydrogens is 180 g/mol. The zero-order valence-corrected chi connectivity index (χ0v) is 8.85. The summed E-state index contributed by atoms with van der Waals surface area (Å²) in [6, 6.07) is 8.99. The van der Waals surface area contributed by atoms with Gasteiger partial charge in [-0.05, 0) is 29.9 Å². The van der Waals surface area contributed by atoms with Crippen molar-refractivity contribution in [3.63, 3.8) is 0 Å². The first-order chi connectivity index (χ1) is 7.36. The molecule has 4 aliphatic rings. The molecule has 0 heterocycles. The first-order valence-corrected chi connectivity index (χ1v) is 5.82. The largest absolute Gasteiger partial charge is 0.0806 e. The average Bonchev–Trinajstić information content (AvgIpc) is 2.27. The van der Waals surface area contributed by atoms with Gasteiger partial charge in [-0.2, -0.15) is 0 Å². The van der Waals surface area contributed by atoms with Gasteiger partial charge in [-0.15, -0.1) is 0 Å². The zero-order valence-electron chi connectivity index (χ0n) is 8.85.